The predicted octanol–water partition coefficient (Wildman–Crippen LogP) is 6.29. The highest BCUT2D eigenvalue weighted by molar-refractivity contribution is 9.10. The maximum absolute atomic E-state index is 14.0. The number of fused-ring (bicyclic) bond motifs is 1. The van der Waals surface area contributed by atoms with Crippen molar-refractivity contribution >= 4 is 56.7 Å². The Morgan fingerprint density at radius 3 is 2.27 bits per heavy atom. The van der Waals surface area contributed by atoms with Gasteiger partial charge in [-0.05, 0) is 121 Å². The highest BCUT2D eigenvalue weighted by Gasteiger charge is 2.38. The number of likely N-dealkylation sites (tertiary alicyclic amines) is 3. The van der Waals surface area contributed by atoms with Crippen LogP contribution < -0.4 is 11.1 Å². The molecule has 3 fully saturated rings. The van der Waals surface area contributed by atoms with Crippen LogP contribution in [0.15, 0.2) is 27.4 Å². The molecule has 4 aliphatic heterocycles. The van der Waals surface area contributed by atoms with Gasteiger partial charge >= 0.3 is 18.3 Å². The molecule has 268 valence electrons. The molecule has 15 heteroatoms. The molecule has 0 aliphatic carbocycles. The number of alkyl halides is 3. The van der Waals surface area contributed by atoms with Gasteiger partial charge < -0.3 is 35.4 Å². The first kappa shape index (κ1) is 35.8. The third-order valence-corrected chi connectivity index (χ3v) is 12.2. The van der Waals surface area contributed by atoms with Gasteiger partial charge in [0.15, 0.2) is 6.10 Å². The fraction of sp³-hybridized carbons (Fsp3) is 0.618. The predicted molar refractivity (Wildman–Crippen MR) is 185 cm³/mol. The summed E-state index contributed by atoms with van der Waals surface area (Å²) in [5, 5.41) is 6.96. The minimum Gasteiger partial charge on any atom is -0.436 e. The lowest BCUT2D eigenvalue weighted by Crippen LogP contribution is -2.52. The molecule has 1 atom stereocenters. The van der Waals surface area contributed by atoms with Gasteiger partial charge in [0, 0.05) is 55.0 Å². The summed E-state index contributed by atoms with van der Waals surface area (Å²) in [6.07, 6.45) is -1.14. The second-order valence-corrected chi connectivity index (χ2v) is 15.4. The van der Waals surface area contributed by atoms with E-state index in [9.17, 15) is 27.6 Å². The van der Waals surface area contributed by atoms with E-state index in [0.29, 0.717) is 57.4 Å². The van der Waals surface area contributed by atoms with Gasteiger partial charge in [-0.2, -0.15) is 13.2 Å². The van der Waals surface area contributed by atoms with Crippen molar-refractivity contribution in [3.05, 3.63) is 44.1 Å². The number of amides is 4. The van der Waals surface area contributed by atoms with E-state index in [0.717, 1.165) is 62.5 Å². The quantitative estimate of drug-likeness (QED) is 0.334. The zero-order valence-corrected chi connectivity index (χ0v) is 30.0. The number of benzene rings is 1. The van der Waals surface area contributed by atoms with Gasteiger partial charge in [-0.15, -0.1) is 11.3 Å². The van der Waals surface area contributed by atoms with Gasteiger partial charge in [-0.1, -0.05) is 0 Å². The minimum atomic E-state index is -4.70. The van der Waals surface area contributed by atoms with E-state index in [1.165, 1.54) is 11.0 Å². The number of carbonyl (C=O) groups is 3. The number of hydrogen-bond donors (Lipinski definition) is 2. The smallest absolute Gasteiger partial charge is 0.418 e. The van der Waals surface area contributed by atoms with E-state index >= 15 is 0 Å². The van der Waals surface area contributed by atoms with Crippen molar-refractivity contribution in [2.24, 2.45) is 11.8 Å². The molecule has 10 nitrogen and oxygen atoms in total. The number of thiophene rings is 1. The Balaban J connectivity index is 1.12. The standard InChI is InChI=1S/C34H44BrF3N6O4S/c1-41-9-2-22(3-10-41)23-4-11-42(12-5-23)31(45)29(18-21-16-26(34(36,37)38)30(39)27(35)17-21)48-33(47)43-13-7-25(8-14-43)44-15-6-24-19-49-20-28(24)40-32(44)46/h16-17,19-20,22-23,25,29H,2-15,18,39H2,1H3,(H,40,46)/t29-/m1/s1. The lowest BCUT2D eigenvalue weighted by Gasteiger charge is -2.40. The number of rotatable bonds is 6. The first-order chi connectivity index (χ1) is 23.4. The van der Waals surface area contributed by atoms with Crippen LogP contribution in [0.1, 0.15) is 55.2 Å². The summed E-state index contributed by atoms with van der Waals surface area (Å²) < 4.78 is 47.4. The van der Waals surface area contributed by atoms with E-state index in [4.69, 9.17) is 10.5 Å². The number of hydrogen-bond acceptors (Lipinski definition) is 7. The van der Waals surface area contributed by atoms with Crippen molar-refractivity contribution in [2.45, 2.75) is 69.7 Å². The second kappa shape index (κ2) is 15.1. The van der Waals surface area contributed by atoms with E-state index in [-0.39, 0.29) is 28.5 Å². The SMILES string of the molecule is CN1CCC(C2CCN(C(=O)[C@@H](Cc3cc(Br)c(N)c(C(F)(F)F)c3)OC(=O)N3CCC(N4CCc5cscc5NC4=O)CC3)CC2)CC1. The Kier molecular flexibility index (Phi) is 11.0. The van der Waals surface area contributed by atoms with Crippen LogP contribution in [0.4, 0.5) is 34.1 Å². The van der Waals surface area contributed by atoms with Crippen LogP contribution in [-0.4, -0.2) is 103 Å². The van der Waals surface area contributed by atoms with Crippen LogP contribution in [0, 0.1) is 11.8 Å². The molecule has 3 saturated heterocycles. The Morgan fingerprint density at radius 2 is 1.61 bits per heavy atom. The van der Waals surface area contributed by atoms with E-state index < -0.39 is 35.5 Å². The average Bonchev–Trinajstić information content (AvgIpc) is 3.45. The normalized spacial score (nSPS) is 21.2. The number of carbonyl (C=O) groups excluding carboxylic acids is 3. The summed E-state index contributed by atoms with van der Waals surface area (Å²) in [4.78, 5) is 47.9. The number of anilines is 2. The molecule has 1 aromatic heterocycles. The van der Waals surface area contributed by atoms with Crippen LogP contribution in [0.5, 0.6) is 0 Å². The lowest BCUT2D eigenvalue weighted by molar-refractivity contribution is -0.142. The van der Waals surface area contributed by atoms with Gasteiger partial charge in [0.05, 0.1) is 16.9 Å². The summed E-state index contributed by atoms with van der Waals surface area (Å²) in [7, 11) is 2.13. The monoisotopic (exact) mass is 768 g/mol. The summed E-state index contributed by atoms with van der Waals surface area (Å²) in [5.74, 6) is 0.729. The summed E-state index contributed by atoms with van der Waals surface area (Å²) in [5.41, 5.74) is 6.42. The van der Waals surface area contributed by atoms with Crippen LogP contribution in [0.3, 0.4) is 0 Å². The minimum absolute atomic E-state index is 0.0587. The average molecular weight is 770 g/mol. The molecule has 6 rings (SSSR count). The molecule has 49 heavy (non-hydrogen) atoms. The molecule has 5 heterocycles. The summed E-state index contributed by atoms with van der Waals surface area (Å²) in [6, 6.07) is 2.16. The number of urea groups is 1. The van der Waals surface area contributed by atoms with Gasteiger partial charge in [0.1, 0.15) is 0 Å². The fourth-order valence-electron chi connectivity index (χ4n) is 7.78. The largest absolute Gasteiger partial charge is 0.436 e. The van der Waals surface area contributed by atoms with Crippen molar-refractivity contribution in [3.8, 4) is 0 Å². The van der Waals surface area contributed by atoms with Gasteiger partial charge in [-0.3, -0.25) is 4.79 Å². The Bertz CT molecular complexity index is 1520. The first-order valence-corrected chi connectivity index (χ1v) is 18.8. The molecule has 0 saturated carbocycles. The molecule has 1 aromatic carbocycles. The summed E-state index contributed by atoms with van der Waals surface area (Å²) >= 11 is 4.69. The lowest BCUT2D eigenvalue weighted by atomic mass is 9.79. The number of halogens is 4. The number of nitrogen functional groups attached to an aromatic ring is 1. The molecule has 4 aliphatic rings. The molecule has 2 aromatic rings. The second-order valence-electron chi connectivity index (χ2n) is 13.8. The van der Waals surface area contributed by atoms with Crippen molar-refractivity contribution in [1.29, 1.82) is 0 Å². The first-order valence-electron chi connectivity index (χ1n) is 17.1. The molecular formula is C34H44BrF3N6O4S. The van der Waals surface area contributed by atoms with Crippen molar-refractivity contribution < 1.29 is 32.3 Å². The topological polar surface area (TPSA) is 111 Å². The third kappa shape index (κ3) is 8.30. The number of nitrogens with two attached hydrogens (primary N) is 1. The number of nitrogens with one attached hydrogen (secondary N) is 1. The highest BCUT2D eigenvalue weighted by Crippen LogP contribution is 2.39. The zero-order chi connectivity index (χ0) is 34.9. The van der Waals surface area contributed by atoms with Gasteiger partial charge in [-0.25, -0.2) is 9.59 Å². The molecular weight excluding hydrogens is 725 g/mol. The van der Waals surface area contributed by atoms with E-state index in [2.05, 4.69) is 33.2 Å². The van der Waals surface area contributed by atoms with Crippen LogP contribution in [0.2, 0.25) is 0 Å². The molecule has 0 unspecified atom stereocenters. The van der Waals surface area contributed by atoms with Crippen LogP contribution in [0.25, 0.3) is 0 Å². The van der Waals surface area contributed by atoms with Crippen molar-refractivity contribution in [3.63, 3.8) is 0 Å². The highest BCUT2D eigenvalue weighted by atomic mass is 79.9. The van der Waals surface area contributed by atoms with E-state index in [1.54, 1.807) is 16.2 Å². The molecule has 0 bridgehead atoms. The van der Waals surface area contributed by atoms with E-state index in [1.807, 2.05) is 15.7 Å². The number of piperidine rings is 3. The Morgan fingerprint density at radius 1 is 0.980 bits per heavy atom. The number of nitrogens with zero attached hydrogens (tertiary/aromatic N) is 4. The molecule has 3 N–H and O–H groups in total. The van der Waals surface area contributed by atoms with Crippen LogP contribution >= 0.6 is 27.3 Å². The van der Waals surface area contributed by atoms with Crippen LogP contribution in [-0.2, 0) is 28.5 Å². The molecule has 4 amide bonds. The van der Waals surface area contributed by atoms with Gasteiger partial charge in [0.25, 0.3) is 5.91 Å². The van der Waals surface area contributed by atoms with Crippen molar-refractivity contribution in [2.75, 3.05) is 63.9 Å². The molecule has 0 radical (unpaired) electrons. The fourth-order valence-corrected chi connectivity index (χ4v) is 9.11. The molecule has 0 spiro atoms. The van der Waals surface area contributed by atoms with Gasteiger partial charge in [0.2, 0.25) is 0 Å². The Labute approximate surface area is 297 Å². The van der Waals surface area contributed by atoms with Crippen molar-refractivity contribution in [1.82, 2.24) is 19.6 Å². The zero-order valence-electron chi connectivity index (χ0n) is 27.6. The summed E-state index contributed by atoms with van der Waals surface area (Å²) in [6.45, 7) is 4.38. The third-order valence-electron chi connectivity index (χ3n) is 10.7. The maximum atomic E-state index is 14.0. The number of ether oxygens (including phenoxy) is 1. The Hall–Kier alpha value is -3.04. The maximum Gasteiger partial charge on any atom is 0.418 e.